The lowest BCUT2D eigenvalue weighted by molar-refractivity contribution is 0.444. The third kappa shape index (κ3) is 2.78. The maximum absolute atomic E-state index is 12.8. The molecule has 1 N–H and O–H groups in total. The number of halogens is 1. The monoisotopic (exact) mass is 259 g/mol. The number of aromatic nitrogens is 2. The van der Waals surface area contributed by atoms with Crippen LogP contribution in [-0.2, 0) is 6.54 Å². The molecule has 0 bridgehead atoms. The Hall–Kier alpha value is -1.84. The van der Waals surface area contributed by atoms with Gasteiger partial charge in [0.25, 0.3) is 0 Å². The summed E-state index contributed by atoms with van der Waals surface area (Å²) in [5, 5.41) is 7.77. The summed E-state index contributed by atoms with van der Waals surface area (Å²) in [6.07, 6.45) is 4.43. The molecule has 2 aromatic rings. The summed E-state index contributed by atoms with van der Waals surface area (Å²) < 4.78 is 14.9. The minimum absolute atomic E-state index is 0.198. The van der Waals surface area contributed by atoms with E-state index < -0.39 is 0 Å². The van der Waals surface area contributed by atoms with Crippen molar-refractivity contribution in [3.05, 3.63) is 47.9 Å². The van der Waals surface area contributed by atoms with Crippen LogP contribution in [0.25, 0.3) is 0 Å². The van der Waals surface area contributed by atoms with Crippen LogP contribution in [0, 0.1) is 11.7 Å². The van der Waals surface area contributed by atoms with Gasteiger partial charge in [-0.25, -0.2) is 9.07 Å². The summed E-state index contributed by atoms with van der Waals surface area (Å²) >= 11 is 0. The van der Waals surface area contributed by atoms with E-state index >= 15 is 0 Å². The summed E-state index contributed by atoms with van der Waals surface area (Å²) in [6.45, 7) is 2.90. The van der Waals surface area contributed by atoms with Crippen molar-refractivity contribution in [1.82, 2.24) is 9.78 Å². The molecule has 0 spiro atoms. The van der Waals surface area contributed by atoms with Crippen molar-refractivity contribution in [2.75, 3.05) is 5.32 Å². The van der Waals surface area contributed by atoms with Crippen molar-refractivity contribution in [3.63, 3.8) is 0 Å². The molecule has 0 radical (unpaired) electrons. The number of nitrogens with zero attached hydrogens (tertiary/aromatic N) is 2. The van der Waals surface area contributed by atoms with Gasteiger partial charge in [-0.15, -0.1) is 0 Å². The SMILES string of the molecule is C[C@@H](C1CC1)n1nccc1NCc1ccc(F)cc1. The fourth-order valence-corrected chi connectivity index (χ4v) is 2.35. The number of rotatable bonds is 5. The van der Waals surface area contributed by atoms with E-state index in [0.29, 0.717) is 12.6 Å². The van der Waals surface area contributed by atoms with Crippen molar-refractivity contribution in [3.8, 4) is 0 Å². The normalized spacial score (nSPS) is 16.3. The van der Waals surface area contributed by atoms with Gasteiger partial charge in [0.1, 0.15) is 11.6 Å². The number of hydrogen-bond donors (Lipinski definition) is 1. The van der Waals surface area contributed by atoms with Crippen molar-refractivity contribution >= 4 is 5.82 Å². The first-order valence-electron chi connectivity index (χ1n) is 6.76. The van der Waals surface area contributed by atoms with E-state index in [1.807, 2.05) is 12.3 Å². The molecule has 0 saturated heterocycles. The van der Waals surface area contributed by atoms with E-state index in [4.69, 9.17) is 0 Å². The molecule has 1 saturated carbocycles. The van der Waals surface area contributed by atoms with E-state index in [9.17, 15) is 4.39 Å². The van der Waals surface area contributed by atoms with Crippen molar-refractivity contribution in [2.45, 2.75) is 32.4 Å². The third-order valence-corrected chi connectivity index (χ3v) is 3.75. The van der Waals surface area contributed by atoms with Crippen LogP contribution in [0.4, 0.5) is 10.2 Å². The Balaban J connectivity index is 1.66. The van der Waals surface area contributed by atoms with Gasteiger partial charge >= 0.3 is 0 Å². The van der Waals surface area contributed by atoms with Gasteiger partial charge in [0.15, 0.2) is 0 Å². The Morgan fingerprint density at radius 3 is 2.74 bits per heavy atom. The third-order valence-electron chi connectivity index (χ3n) is 3.75. The average Bonchev–Trinajstić information content (AvgIpc) is 3.16. The molecule has 0 aliphatic heterocycles. The predicted molar refractivity (Wildman–Crippen MR) is 73.4 cm³/mol. The lowest BCUT2D eigenvalue weighted by atomic mass is 10.2. The maximum atomic E-state index is 12.8. The van der Waals surface area contributed by atoms with Crippen LogP contribution in [-0.4, -0.2) is 9.78 Å². The smallest absolute Gasteiger partial charge is 0.124 e. The zero-order valence-corrected chi connectivity index (χ0v) is 11.0. The topological polar surface area (TPSA) is 29.9 Å². The molecule has 0 amide bonds. The van der Waals surface area contributed by atoms with Gasteiger partial charge < -0.3 is 5.32 Å². The lowest BCUT2D eigenvalue weighted by Crippen LogP contribution is -2.13. The average molecular weight is 259 g/mol. The molecule has 0 unspecified atom stereocenters. The summed E-state index contributed by atoms with van der Waals surface area (Å²) in [6, 6.07) is 9.01. The number of hydrogen-bond acceptors (Lipinski definition) is 2. The molecular formula is C15H18FN3. The van der Waals surface area contributed by atoms with Crippen molar-refractivity contribution in [1.29, 1.82) is 0 Å². The van der Waals surface area contributed by atoms with Gasteiger partial charge in [-0.2, -0.15) is 5.10 Å². The molecule has 1 aromatic heterocycles. The molecule has 1 fully saturated rings. The largest absolute Gasteiger partial charge is 0.366 e. The molecule has 1 aromatic carbocycles. The van der Waals surface area contributed by atoms with Gasteiger partial charge in [0.2, 0.25) is 0 Å². The standard InChI is InChI=1S/C15H18FN3/c1-11(13-4-5-13)19-15(8-9-18-19)17-10-12-2-6-14(16)7-3-12/h2-3,6-9,11,13,17H,4-5,10H2,1H3/t11-/m0/s1. The molecule has 1 aliphatic carbocycles. The fraction of sp³-hybridized carbons (Fsp3) is 0.400. The minimum atomic E-state index is -0.198. The van der Waals surface area contributed by atoms with E-state index in [1.165, 1.54) is 25.0 Å². The zero-order chi connectivity index (χ0) is 13.2. The van der Waals surface area contributed by atoms with Gasteiger partial charge in [-0.05, 0) is 43.4 Å². The molecule has 100 valence electrons. The molecule has 3 rings (SSSR count). The molecule has 3 nitrogen and oxygen atoms in total. The first-order chi connectivity index (χ1) is 9.24. The van der Waals surface area contributed by atoms with E-state index in [0.717, 1.165) is 17.3 Å². The van der Waals surface area contributed by atoms with Crippen LogP contribution in [0.15, 0.2) is 36.5 Å². The number of anilines is 1. The Morgan fingerprint density at radius 1 is 1.32 bits per heavy atom. The van der Waals surface area contributed by atoms with Crippen molar-refractivity contribution < 1.29 is 4.39 Å². The summed E-state index contributed by atoms with van der Waals surface area (Å²) in [5.41, 5.74) is 1.06. The predicted octanol–water partition coefficient (Wildman–Crippen LogP) is 3.61. The highest BCUT2D eigenvalue weighted by Gasteiger charge is 2.30. The quantitative estimate of drug-likeness (QED) is 0.889. The van der Waals surface area contributed by atoms with Gasteiger partial charge in [0, 0.05) is 12.6 Å². The highest BCUT2D eigenvalue weighted by atomic mass is 19.1. The second kappa shape index (κ2) is 5.03. The Kier molecular flexibility index (Phi) is 3.23. The van der Waals surface area contributed by atoms with Gasteiger partial charge in [-0.3, -0.25) is 0 Å². The second-order valence-electron chi connectivity index (χ2n) is 5.22. The Labute approximate surface area is 112 Å². The van der Waals surface area contributed by atoms with Crippen LogP contribution in [0.1, 0.15) is 31.4 Å². The maximum Gasteiger partial charge on any atom is 0.124 e. The lowest BCUT2D eigenvalue weighted by Gasteiger charge is -2.16. The molecule has 1 atom stereocenters. The minimum Gasteiger partial charge on any atom is -0.366 e. The number of benzene rings is 1. The number of nitrogens with one attached hydrogen (secondary N) is 1. The van der Waals surface area contributed by atoms with Crippen LogP contribution < -0.4 is 5.32 Å². The van der Waals surface area contributed by atoms with Crippen LogP contribution in [0.3, 0.4) is 0 Å². The highest BCUT2D eigenvalue weighted by Crippen LogP contribution is 2.40. The highest BCUT2D eigenvalue weighted by molar-refractivity contribution is 5.36. The molecule has 1 aliphatic rings. The molecule has 4 heteroatoms. The summed E-state index contributed by atoms with van der Waals surface area (Å²) in [5.74, 6) is 1.60. The van der Waals surface area contributed by atoms with Gasteiger partial charge in [-0.1, -0.05) is 12.1 Å². The summed E-state index contributed by atoms with van der Waals surface area (Å²) in [4.78, 5) is 0. The summed E-state index contributed by atoms with van der Waals surface area (Å²) in [7, 11) is 0. The second-order valence-corrected chi connectivity index (χ2v) is 5.22. The van der Waals surface area contributed by atoms with Crippen LogP contribution in [0.5, 0.6) is 0 Å². The van der Waals surface area contributed by atoms with E-state index in [2.05, 4.69) is 22.0 Å². The first-order valence-corrected chi connectivity index (χ1v) is 6.76. The first kappa shape index (κ1) is 12.2. The molecule has 1 heterocycles. The fourth-order valence-electron chi connectivity index (χ4n) is 2.35. The Bertz CT molecular complexity index is 543. The Morgan fingerprint density at radius 2 is 2.05 bits per heavy atom. The van der Waals surface area contributed by atoms with Crippen LogP contribution in [0.2, 0.25) is 0 Å². The molecular weight excluding hydrogens is 241 g/mol. The molecule has 19 heavy (non-hydrogen) atoms. The van der Waals surface area contributed by atoms with Crippen molar-refractivity contribution in [2.24, 2.45) is 5.92 Å². The zero-order valence-electron chi connectivity index (χ0n) is 11.0. The van der Waals surface area contributed by atoms with Crippen LogP contribution >= 0.6 is 0 Å². The van der Waals surface area contributed by atoms with Gasteiger partial charge in [0.05, 0.1) is 12.2 Å². The van der Waals surface area contributed by atoms with E-state index in [-0.39, 0.29) is 5.82 Å². The van der Waals surface area contributed by atoms with E-state index in [1.54, 1.807) is 12.1 Å².